The van der Waals surface area contributed by atoms with Crippen molar-refractivity contribution in [3.05, 3.63) is 63.3 Å². The zero-order valence-corrected chi connectivity index (χ0v) is 12.0. The topological polar surface area (TPSA) is 53.8 Å². The van der Waals surface area contributed by atoms with Crippen molar-refractivity contribution < 1.29 is 4.79 Å². The maximum Gasteiger partial charge on any atom is 0.185 e. The predicted molar refractivity (Wildman–Crippen MR) is 76.1 cm³/mol. The van der Waals surface area contributed by atoms with Crippen LogP contribution in [0.25, 0.3) is 0 Å². The van der Waals surface area contributed by atoms with Crippen LogP contribution in [-0.4, -0.2) is 10.8 Å². The third-order valence-electron chi connectivity index (χ3n) is 2.60. The van der Waals surface area contributed by atoms with Crippen LogP contribution < -0.4 is 0 Å². The van der Waals surface area contributed by atoms with E-state index in [1.54, 1.807) is 36.5 Å². The average molecular weight is 336 g/mol. The number of halogens is 2. The van der Waals surface area contributed by atoms with Crippen molar-refractivity contribution in [1.29, 1.82) is 5.26 Å². The van der Waals surface area contributed by atoms with Gasteiger partial charge in [0.05, 0.1) is 6.07 Å². The first kappa shape index (κ1) is 13.7. The van der Waals surface area contributed by atoms with Gasteiger partial charge in [-0.15, -0.1) is 0 Å². The number of hydrogen-bond acceptors (Lipinski definition) is 3. The molecule has 1 heterocycles. The molecule has 3 nitrogen and oxygen atoms in total. The molecule has 19 heavy (non-hydrogen) atoms. The Morgan fingerprint density at radius 2 is 2.21 bits per heavy atom. The molecule has 2 rings (SSSR count). The van der Waals surface area contributed by atoms with Gasteiger partial charge in [0.1, 0.15) is 5.92 Å². The molecule has 0 N–H and O–H groups in total. The van der Waals surface area contributed by atoms with E-state index in [0.29, 0.717) is 20.6 Å². The van der Waals surface area contributed by atoms with Gasteiger partial charge in [-0.3, -0.25) is 9.78 Å². The lowest BCUT2D eigenvalue weighted by molar-refractivity contribution is 0.0978. The summed E-state index contributed by atoms with van der Waals surface area (Å²) in [6.45, 7) is 0. The highest BCUT2D eigenvalue weighted by Gasteiger charge is 2.23. The monoisotopic (exact) mass is 334 g/mol. The molecule has 0 amide bonds. The van der Waals surface area contributed by atoms with Gasteiger partial charge in [0, 0.05) is 27.5 Å². The molecule has 0 spiro atoms. The molecule has 1 atom stereocenters. The number of benzene rings is 1. The molecule has 2 aromatic rings. The van der Waals surface area contributed by atoms with Crippen molar-refractivity contribution in [3.8, 4) is 6.07 Å². The van der Waals surface area contributed by atoms with E-state index >= 15 is 0 Å². The highest BCUT2D eigenvalue weighted by atomic mass is 79.9. The van der Waals surface area contributed by atoms with Crippen molar-refractivity contribution in [2.24, 2.45) is 0 Å². The van der Waals surface area contributed by atoms with E-state index < -0.39 is 5.92 Å². The molecule has 0 saturated heterocycles. The van der Waals surface area contributed by atoms with Crippen LogP contribution in [0.4, 0.5) is 0 Å². The second-order valence-electron chi connectivity index (χ2n) is 3.84. The van der Waals surface area contributed by atoms with E-state index in [2.05, 4.69) is 20.9 Å². The summed E-state index contributed by atoms with van der Waals surface area (Å²) in [6, 6.07) is 10.3. The first-order valence-electron chi connectivity index (χ1n) is 5.42. The molecule has 0 bridgehead atoms. The Kier molecular flexibility index (Phi) is 4.31. The number of rotatable bonds is 3. The molecule has 94 valence electrons. The van der Waals surface area contributed by atoms with Crippen molar-refractivity contribution in [2.45, 2.75) is 5.92 Å². The molecule has 0 saturated carbocycles. The van der Waals surface area contributed by atoms with E-state index in [4.69, 9.17) is 11.6 Å². The lowest BCUT2D eigenvalue weighted by atomic mass is 9.93. The van der Waals surface area contributed by atoms with Gasteiger partial charge in [-0.2, -0.15) is 5.26 Å². The van der Waals surface area contributed by atoms with Crippen molar-refractivity contribution >= 4 is 33.3 Å². The Hall–Kier alpha value is -1.70. The Labute approximate surface area is 124 Å². The molecule has 1 aromatic heterocycles. The van der Waals surface area contributed by atoms with Crippen LogP contribution in [0.1, 0.15) is 21.8 Å². The number of nitriles is 1. The largest absolute Gasteiger partial charge is 0.292 e. The van der Waals surface area contributed by atoms with Crippen LogP contribution in [0.2, 0.25) is 5.02 Å². The van der Waals surface area contributed by atoms with Crippen molar-refractivity contribution in [2.75, 3.05) is 0 Å². The van der Waals surface area contributed by atoms with Crippen LogP contribution >= 0.6 is 27.5 Å². The maximum atomic E-state index is 12.4. The van der Waals surface area contributed by atoms with Gasteiger partial charge in [0.25, 0.3) is 0 Å². The first-order valence-corrected chi connectivity index (χ1v) is 6.59. The average Bonchev–Trinajstić information content (AvgIpc) is 2.43. The number of ketones is 1. The fraction of sp³-hybridized carbons (Fsp3) is 0.0714. The summed E-state index contributed by atoms with van der Waals surface area (Å²) in [5.74, 6) is -1.19. The molecule has 0 aliphatic heterocycles. The van der Waals surface area contributed by atoms with Gasteiger partial charge in [-0.1, -0.05) is 33.6 Å². The number of pyridine rings is 1. The fourth-order valence-corrected chi connectivity index (χ4v) is 2.29. The van der Waals surface area contributed by atoms with Crippen molar-refractivity contribution in [1.82, 2.24) is 4.98 Å². The Bertz CT molecular complexity index is 652. The Morgan fingerprint density at radius 1 is 1.42 bits per heavy atom. The fourth-order valence-electron chi connectivity index (χ4n) is 1.67. The summed E-state index contributed by atoms with van der Waals surface area (Å²) < 4.78 is 0.617. The van der Waals surface area contributed by atoms with E-state index in [-0.39, 0.29) is 5.78 Å². The first-order chi connectivity index (χ1) is 9.13. The van der Waals surface area contributed by atoms with Gasteiger partial charge in [-0.25, -0.2) is 0 Å². The third-order valence-corrected chi connectivity index (χ3v) is 3.53. The summed E-state index contributed by atoms with van der Waals surface area (Å²) in [4.78, 5) is 16.3. The van der Waals surface area contributed by atoms with E-state index in [1.165, 1.54) is 6.20 Å². The molecular formula is C14H8BrClN2O. The summed E-state index contributed by atoms with van der Waals surface area (Å²) in [6.07, 6.45) is 3.11. The highest BCUT2D eigenvalue weighted by Crippen LogP contribution is 2.27. The predicted octanol–water partition coefficient (Wildman–Crippen LogP) is 3.99. The quantitative estimate of drug-likeness (QED) is 0.797. The minimum atomic E-state index is -0.886. The van der Waals surface area contributed by atoms with Crippen LogP contribution in [0.5, 0.6) is 0 Å². The lowest BCUT2D eigenvalue weighted by Crippen LogP contribution is -2.12. The number of hydrogen-bond donors (Lipinski definition) is 0. The number of carbonyl (C=O) groups excluding carboxylic acids is 1. The standard InChI is InChI=1S/C14H8BrClN2O/c15-13-4-3-10(16)6-11(13)14(19)12(7-17)9-2-1-5-18-8-9/h1-6,8,12H. The molecule has 5 heteroatoms. The molecule has 1 unspecified atom stereocenters. The molecule has 0 radical (unpaired) electrons. The van der Waals surface area contributed by atoms with Crippen LogP contribution in [0, 0.1) is 11.3 Å². The maximum absolute atomic E-state index is 12.4. The van der Waals surface area contributed by atoms with Gasteiger partial charge in [0.15, 0.2) is 5.78 Å². The van der Waals surface area contributed by atoms with Crippen LogP contribution in [0.15, 0.2) is 47.2 Å². The van der Waals surface area contributed by atoms with E-state index in [0.717, 1.165) is 0 Å². The number of Topliss-reactive ketones (excluding diaryl/α,β-unsaturated/α-hetero) is 1. The van der Waals surface area contributed by atoms with Gasteiger partial charge in [-0.05, 0) is 29.8 Å². The Morgan fingerprint density at radius 3 is 2.84 bits per heavy atom. The van der Waals surface area contributed by atoms with Gasteiger partial charge >= 0.3 is 0 Å². The molecule has 0 aliphatic rings. The SMILES string of the molecule is N#CC(C(=O)c1cc(Cl)ccc1Br)c1cccnc1. The zero-order chi connectivity index (χ0) is 13.8. The van der Waals surface area contributed by atoms with Gasteiger partial charge in [0.2, 0.25) is 0 Å². The number of aromatic nitrogens is 1. The number of nitrogens with zero attached hydrogens (tertiary/aromatic N) is 2. The normalized spacial score (nSPS) is 11.6. The second kappa shape index (κ2) is 5.96. The van der Waals surface area contributed by atoms with Crippen LogP contribution in [0.3, 0.4) is 0 Å². The molecule has 0 aliphatic carbocycles. The third kappa shape index (κ3) is 3.01. The zero-order valence-electron chi connectivity index (χ0n) is 9.68. The summed E-state index contributed by atoms with van der Waals surface area (Å²) in [5.41, 5.74) is 0.963. The highest BCUT2D eigenvalue weighted by molar-refractivity contribution is 9.10. The summed E-state index contributed by atoms with van der Waals surface area (Å²) in [5, 5.41) is 9.68. The minimum Gasteiger partial charge on any atom is -0.292 e. The van der Waals surface area contributed by atoms with E-state index in [9.17, 15) is 10.1 Å². The van der Waals surface area contributed by atoms with Gasteiger partial charge < -0.3 is 0 Å². The van der Waals surface area contributed by atoms with Crippen molar-refractivity contribution in [3.63, 3.8) is 0 Å². The molecular weight excluding hydrogens is 328 g/mol. The van der Waals surface area contributed by atoms with Crippen LogP contribution in [-0.2, 0) is 0 Å². The second-order valence-corrected chi connectivity index (χ2v) is 5.13. The lowest BCUT2D eigenvalue weighted by Gasteiger charge is -2.09. The summed E-state index contributed by atoms with van der Waals surface area (Å²) >= 11 is 9.18. The molecule has 0 fully saturated rings. The minimum absolute atomic E-state index is 0.301. The number of carbonyl (C=O) groups is 1. The summed E-state index contributed by atoms with van der Waals surface area (Å²) in [7, 11) is 0. The molecule has 1 aromatic carbocycles. The smallest absolute Gasteiger partial charge is 0.185 e. The van der Waals surface area contributed by atoms with E-state index in [1.807, 2.05) is 6.07 Å². The Balaban J connectivity index is 2.43.